The minimum Gasteiger partial charge on any atom is -0.350 e. The Labute approximate surface area is 150 Å². The molecule has 2 aromatic rings. The van der Waals surface area contributed by atoms with Gasteiger partial charge in [-0.2, -0.15) is 0 Å². The van der Waals surface area contributed by atoms with Crippen LogP contribution < -0.4 is 5.32 Å². The summed E-state index contributed by atoms with van der Waals surface area (Å²) in [6.45, 7) is 6.37. The van der Waals surface area contributed by atoms with E-state index in [2.05, 4.69) is 43.4 Å². The highest BCUT2D eigenvalue weighted by Crippen LogP contribution is 2.16. The van der Waals surface area contributed by atoms with Crippen molar-refractivity contribution in [3.63, 3.8) is 0 Å². The zero-order chi connectivity index (χ0) is 18.2. The van der Waals surface area contributed by atoms with E-state index in [0.29, 0.717) is 11.5 Å². The SMILES string of the molecule is CC(C)Cc1ccc(C(C)NC(=O)CCC(=O)c2ccccc2)cc1. The van der Waals surface area contributed by atoms with Crippen LogP contribution in [0.15, 0.2) is 54.6 Å². The Kier molecular flexibility index (Phi) is 6.93. The van der Waals surface area contributed by atoms with Crippen LogP contribution in [0.4, 0.5) is 0 Å². The van der Waals surface area contributed by atoms with Crippen molar-refractivity contribution in [1.82, 2.24) is 5.32 Å². The Morgan fingerprint density at radius 2 is 1.52 bits per heavy atom. The summed E-state index contributed by atoms with van der Waals surface area (Å²) in [4.78, 5) is 24.2. The van der Waals surface area contributed by atoms with Crippen molar-refractivity contribution < 1.29 is 9.59 Å². The third-order valence-corrected chi connectivity index (χ3v) is 4.18. The summed E-state index contributed by atoms with van der Waals surface area (Å²) in [5.74, 6) is 0.537. The summed E-state index contributed by atoms with van der Waals surface area (Å²) in [5.41, 5.74) is 3.05. The average Bonchev–Trinajstić information content (AvgIpc) is 2.60. The molecule has 3 heteroatoms. The molecule has 0 heterocycles. The van der Waals surface area contributed by atoms with Crippen molar-refractivity contribution in [2.24, 2.45) is 5.92 Å². The Bertz CT molecular complexity index is 690. The summed E-state index contributed by atoms with van der Waals surface area (Å²) in [5, 5.41) is 2.97. The predicted molar refractivity (Wildman–Crippen MR) is 102 cm³/mol. The van der Waals surface area contributed by atoms with Crippen LogP contribution in [0.1, 0.15) is 61.1 Å². The number of benzene rings is 2. The highest BCUT2D eigenvalue weighted by atomic mass is 16.2. The van der Waals surface area contributed by atoms with Crippen LogP contribution in [0, 0.1) is 5.92 Å². The molecule has 0 spiro atoms. The minimum absolute atomic E-state index is 0.00133. The molecule has 0 aliphatic rings. The predicted octanol–water partition coefficient (Wildman–Crippen LogP) is 4.73. The monoisotopic (exact) mass is 337 g/mol. The van der Waals surface area contributed by atoms with Gasteiger partial charge in [0.15, 0.2) is 5.78 Å². The van der Waals surface area contributed by atoms with E-state index < -0.39 is 0 Å². The number of hydrogen-bond donors (Lipinski definition) is 1. The molecular formula is C22H27NO2. The molecule has 0 fully saturated rings. The Balaban J connectivity index is 1.82. The van der Waals surface area contributed by atoms with Gasteiger partial charge in [0.1, 0.15) is 0 Å². The number of carbonyl (C=O) groups is 2. The molecule has 1 atom stereocenters. The molecule has 0 radical (unpaired) electrons. The molecule has 2 aromatic carbocycles. The van der Waals surface area contributed by atoms with E-state index in [0.717, 1.165) is 12.0 Å². The van der Waals surface area contributed by atoms with Crippen LogP contribution in [-0.4, -0.2) is 11.7 Å². The molecule has 0 aliphatic carbocycles. The third kappa shape index (κ3) is 6.18. The van der Waals surface area contributed by atoms with Crippen molar-refractivity contribution in [3.05, 3.63) is 71.3 Å². The topological polar surface area (TPSA) is 46.2 Å². The van der Waals surface area contributed by atoms with Gasteiger partial charge in [0.05, 0.1) is 6.04 Å². The molecule has 3 nitrogen and oxygen atoms in total. The summed E-state index contributed by atoms with van der Waals surface area (Å²) >= 11 is 0. The zero-order valence-corrected chi connectivity index (χ0v) is 15.3. The number of Topliss-reactive ketones (excluding diaryl/α,β-unsaturated/α-hetero) is 1. The van der Waals surface area contributed by atoms with Gasteiger partial charge in [0, 0.05) is 18.4 Å². The largest absolute Gasteiger partial charge is 0.350 e. The molecule has 0 bridgehead atoms. The maximum Gasteiger partial charge on any atom is 0.220 e. The lowest BCUT2D eigenvalue weighted by molar-refractivity contribution is -0.121. The van der Waals surface area contributed by atoms with Gasteiger partial charge in [-0.1, -0.05) is 68.4 Å². The second-order valence-electron chi connectivity index (χ2n) is 6.92. The highest BCUT2D eigenvalue weighted by Gasteiger charge is 2.12. The Hall–Kier alpha value is -2.42. The molecular weight excluding hydrogens is 310 g/mol. The molecule has 0 aromatic heterocycles. The van der Waals surface area contributed by atoms with Gasteiger partial charge >= 0.3 is 0 Å². The summed E-state index contributed by atoms with van der Waals surface area (Å²) in [7, 11) is 0. The summed E-state index contributed by atoms with van der Waals surface area (Å²) < 4.78 is 0. The first-order chi connectivity index (χ1) is 12.0. The second-order valence-corrected chi connectivity index (χ2v) is 6.92. The lowest BCUT2D eigenvalue weighted by atomic mass is 10.00. The Morgan fingerprint density at radius 3 is 2.12 bits per heavy atom. The number of carbonyl (C=O) groups excluding carboxylic acids is 2. The second kappa shape index (κ2) is 9.16. The number of amides is 1. The third-order valence-electron chi connectivity index (χ3n) is 4.18. The maximum absolute atomic E-state index is 12.1. The van der Waals surface area contributed by atoms with Crippen LogP contribution in [0.25, 0.3) is 0 Å². The van der Waals surface area contributed by atoms with E-state index in [4.69, 9.17) is 0 Å². The molecule has 132 valence electrons. The van der Waals surface area contributed by atoms with Crippen molar-refractivity contribution in [2.75, 3.05) is 0 Å². The molecule has 2 rings (SSSR count). The quantitative estimate of drug-likeness (QED) is 0.708. The van der Waals surface area contributed by atoms with E-state index in [9.17, 15) is 9.59 Å². The van der Waals surface area contributed by atoms with Crippen LogP contribution in [0.3, 0.4) is 0 Å². The lowest BCUT2D eigenvalue weighted by Gasteiger charge is -2.15. The first-order valence-electron chi connectivity index (χ1n) is 8.92. The molecule has 0 saturated carbocycles. The first-order valence-corrected chi connectivity index (χ1v) is 8.92. The standard InChI is InChI=1S/C22H27NO2/c1-16(2)15-18-9-11-19(12-10-18)17(3)23-22(25)14-13-21(24)20-7-5-4-6-8-20/h4-12,16-17H,13-15H2,1-3H3,(H,23,25). The van der Waals surface area contributed by atoms with Crippen molar-refractivity contribution in [1.29, 1.82) is 0 Å². The fourth-order valence-electron chi connectivity index (χ4n) is 2.81. The van der Waals surface area contributed by atoms with E-state index in [1.807, 2.05) is 25.1 Å². The van der Waals surface area contributed by atoms with E-state index in [-0.39, 0.29) is 30.6 Å². The molecule has 25 heavy (non-hydrogen) atoms. The normalized spacial score (nSPS) is 12.0. The molecule has 1 N–H and O–H groups in total. The molecule has 1 amide bonds. The number of ketones is 1. The van der Waals surface area contributed by atoms with Gasteiger partial charge in [-0.25, -0.2) is 0 Å². The van der Waals surface area contributed by atoms with E-state index in [1.165, 1.54) is 5.56 Å². The van der Waals surface area contributed by atoms with Crippen molar-refractivity contribution in [2.45, 2.75) is 46.1 Å². The molecule has 0 saturated heterocycles. The van der Waals surface area contributed by atoms with E-state index in [1.54, 1.807) is 12.1 Å². The Morgan fingerprint density at radius 1 is 0.880 bits per heavy atom. The van der Waals surface area contributed by atoms with Gasteiger partial charge in [-0.3, -0.25) is 9.59 Å². The maximum atomic E-state index is 12.1. The zero-order valence-electron chi connectivity index (χ0n) is 15.3. The van der Waals surface area contributed by atoms with Gasteiger partial charge in [-0.05, 0) is 30.4 Å². The van der Waals surface area contributed by atoms with Crippen molar-refractivity contribution in [3.8, 4) is 0 Å². The first kappa shape index (κ1) is 18.9. The van der Waals surface area contributed by atoms with Crippen LogP contribution in [-0.2, 0) is 11.2 Å². The molecule has 0 aliphatic heterocycles. The van der Waals surface area contributed by atoms with Crippen molar-refractivity contribution >= 4 is 11.7 Å². The van der Waals surface area contributed by atoms with Gasteiger partial charge in [-0.15, -0.1) is 0 Å². The smallest absolute Gasteiger partial charge is 0.220 e. The van der Waals surface area contributed by atoms with Gasteiger partial charge in [0.2, 0.25) is 5.91 Å². The summed E-state index contributed by atoms with van der Waals surface area (Å²) in [6, 6.07) is 17.4. The van der Waals surface area contributed by atoms with Gasteiger partial charge in [0.25, 0.3) is 0 Å². The van der Waals surface area contributed by atoms with Crippen LogP contribution >= 0.6 is 0 Å². The number of hydrogen-bond acceptors (Lipinski definition) is 2. The lowest BCUT2D eigenvalue weighted by Crippen LogP contribution is -2.27. The summed E-state index contributed by atoms with van der Waals surface area (Å²) in [6.07, 6.45) is 1.50. The fourth-order valence-corrected chi connectivity index (χ4v) is 2.81. The minimum atomic E-state index is -0.0944. The molecule has 1 unspecified atom stereocenters. The van der Waals surface area contributed by atoms with Crippen LogP contribution in [0.5, 0.6) is 0 Å². The highest BCUT2D eigenvalue weighted by molar-refractivity contribution is 5.97. The van der Waals surface area contributed by atoms with E-state index >= 15 is 0 Å². The van der Waals surface area contributed by atoms with Crippen LogP contribution in [0.2, 0.25) is 0 Å². The number of rotatable bonds is 8. The fraction of sp³-hybridized carbons (Fsp3) is 0.364. The number of nitrogens with one attached hydrogen (secondary N) is 1. The van der Waals surface area contributed by atoms with Gasteiger partial charge < -0.3 is 5.32 Å². The average molecular weight is 337 g/mol.